The van der Waals surface area contributed by atoms with Crippen molar-refractivity contribution < 1.29 is 9.84 Å². The van der Waals surface area contributed by atoms with Gasteiger partial charge < -0.3 is 15.2 Å². The molecule has 0 saturated heterocycles. The molecule has 4 heteroatoms. The van der Waals surface area contributed by atoms with Crippen LogP contribution in [0.2, 0.25) is 0 Å². The summed E-state index contributed by atoms with van der Waals surface area (Å²) in [5, 5.41) is 12.7. The van der Waals surface area contributed by atoms with Gasteiger partial charge in [-0.3, -0.25) is 0 Å². The van der Waals surface area contributed by atoms with E-state index in [9.17, 15) is 5.11 Å². The van der Waals surface area contributed by atoms with Gasteiger partial charge in [0, 0.05) is 12.1 Å². The Kier molecular flexibility index (Phi) is 3.76. The molecule has 2 rings (SSSR count). The smallest absolute Gasteiger partial charge is 0.216 e. The van der Waals surface area contributed by atoms with Gasteiger partial charge in [-0.2, -0.15) is 0 Å². The van der Waals surface area contributed by atoms with Crippen LogP contribution in [0.15, 0.2) is 29.3 Å². The Labute approximate surface area is 101 Å². The highest BCUT2D eigenvalue weighted by Gasteiger charge is 2.16. The minimum absolute atomic E-state index is 0.236. The number of aliphatic imine (C=N–C) groups is 1. The van der Waals surface area contributed by atoms with E-state index in [0.717, 1.165) is 11.1 Å². The summed E-state index contributed by atoms with van der Waals surface area (Å²) >= 11 is 0. The van der Waals surface area contributed by atoms with E-state index in [-0.39, 0.29) is 6.04 Å². The maximum atomic E-state index is 9.79. The lowest BCUT2D eigenvalue weighted by Gasteiger charge is -2.10. The molecule has 0 saturated carbocycles. The molecule has 0 amide bonds. The number of likely N-dealkylation sites (N-methyl/N-ethyl adjacent to an activating group) is 1. The van der Waals surface area contributed by atoms with Crippen molar-refractivity contribution in [1.29, 1.82) is 0 Å². The second kappa shape index (κ2) is 5.29. The highest BCUT2D eigenvalue weighted by atomic mass is 16.5. The number of hydrogen-bond donors (Lipinski definition) is 2. The van der Waals surface area contributed by atoms with Crippen LogP contribution in [0, 0.1) is 0 Å². The van der Waals surface area contributed by atoms with E-state index < -0.39 is 6.10 Å². The summed E-state index contributed by atoms with van der Waals surface area (Å²) in [5.74, 6) is 0.701. The van der Waals surface area contributed by atoms with Crippen LogP contribution in [-0.4, -0.2) is 37.2 Å². The summed E-state index contributed by atoms with van der Waals surface area (Å²) in [4.78, 5) is 4.39. The van der Waals surface area contributed by atoms with E-state index in [0.29, 0.717) is 19.0 Å². The normalized spacial score (nSPS) is 20.9. The van der Waals surface area contributed by atoms with E-state index in [4.69, 9.17) is 4.74 Å². The van der Waals surface area contributed by atoms with Crippen LogP contribution in [0.25, 0.3) is 0 Å². The fourth-order valence-corrected chi connectivity index (χ4v) is 1.79. The zero-order valence-electron chi connectivity index (χ0n) is 10.2. The maximum absolute atomic E-state index is 9.79. The number of aliphatic hydroxyl groups is 1. The zero-order chi connectivity index (χ0) is 12.3. The Balaban J connectivity index is 2.10. The van der Waals surface area contributed by atoms with Crippen molar-refractivity contribution in [1.82, 2.24) is 5.32 Å². The second-order valence-corrected chi connectivity index (χ2v) is 4.29. The van der Waals surface area contributed by atoms with Crippen LogP contribution in [0.4, 0.5) is 0 Å². The largest absolute Gasteiger partial charge is 0.475 e. The lowest BCUT2D eigenvalue weighted by atomic mass is 10.1. The van der Waals surface area contributed by atoms with E-state index in [1.54, 1.807) is 0 Å². The standard InChI is InChI=1S/C13H18N2O2/c1-9-8-17-13(15-9)11-5-3-10(4-6-11)12(16)7-14-2/h3-6,9,12,14,16H,7-8H2,1-2H3. The average molecular weight is 234 g/mol. The lowest BCUT2D eigenvalue weighted by molar-refractivity contribution is 0.178. The van der Waals surface area contributed by atoms with Crippen molar-refractivity contribution in [3.05, 3.63) is 35.4 Å². The third-order valence-corrected chi connectivity index (χ3v) is 2.74. The third-order valence-electron chi connectivity index (χ3n) is 2.74. The Morgan fingerprint density at radius 2 is 2.18 bits per heavy atom. The first kappa shape index (κ1) is 12.1. The maximum Gasteiger partial charge on any atom is 0.216 e. The number of rotatable bonds is 4. The molecule has 0 bridgehead atoms. The van der Waals surface area contributed by atoms with Crippen LogP contribution in [0.5, 0.6) is 0 Å². The van der Waals surface area contributed by atoms with Gasteiger partial charge in [-0.15, -0.1) is 0 Å². The molecule has 1 aromatic carbocycles. The van der Waals surface area contributed by atoms with Crippen molar-refractivity contribution in [2.45, 2.75) is 19.1 Å². The number of nitrogens with one attached hydrogen (secondary N) is 1. The summed E-state index contributed by atoms with van der Waals surface area (Å²) in [6.07, 6.45) is -0.473. The first-order chi connectivity index (χ1) is 8.20. The third kappa shape index (κ3) is 2.84. The van der Waals surface area contributed by atoms with Crippen molar-refractivity contribution >= 4 is 5.90 Å². The molecular weight excluding hydrogens is 216 g/mol. The predicted octanol–water partition coefficient (Wildman–Crippen LogP) is 1.10. The quantitative estimate of drug-likeness (QED) is 0.820. The molecule has 1 aliphatic heterocycles. The van der Waals surface area contributed by atoms with E-state index in [1.165, 1.54) is 0 Å². The Bertz CT molecular complexity index is 400. The minimum atomic E-state index is -0.473. The molecule has 0 radical (unpaired) electrons. The highest BCUT2D eigenvalue weighted by molar-refractivity contribution is 5.95. The first-order valence-corrected chi connectivity index (χ1v) is 5.84. The van der Waals surface area contributed by atoms with Crippen molar-refractivity contribution in [3.63, 3.8) is 0 Å². The molecule has 0 aromatic heterocycles. The van der Waals surface area contributed by atoms with Crippen LogP contribution in [0.1, 0.15) is 24.2 Å². The van der Waals surface area contributed by atoms with Gasteiger partial charge in [-0.1, -0.05) is 12.1 Å². The molecule has 2 unspecified atom stereocenters. The summed E-state index contributed by atoms with van der Waals surface area (Å²) in [7, 11) is 1.82. The zero-order valence-corrected chi connectivity index (χ0v) is 10.2. The van der Waals surface area contributed by atoms with Crippen molar-refractivity contribution in [2.24, 2.45) is 4.99 Å². The predicted molar refractivity (Wildman–Crippen MR) is 67.3 cm³/mol. The Morgan fingerprint density at radius 3 is 2.71 bits per heavy atom. The fraction of sp³-hybridized carbons (Fsp3) is 0.462. The van der Waals surface area contributed by atoms with Gasteiger partial charge in [-0.05, 0) is 31.7 Å². The molecule has 2 atom stereocenters. The van der Waals surface area contributed by atoms with Crippen molar-refractivity contribution in [2.75, 3.05) is 20.2 Å². The molecule has 0 aliphatic carbocycles. The van der Waals surface area contributed by atoms with Crippen LogP contribution in [-0.2, 0) is 4.74 Å². The summed E-state index contributed by atoms with van der Waals surface area (Å²) in [6.45, 7) is 3.23. The highest BCUT2D eigenvalue weighted by Crippen LogP contribution is 2.16. The van der Waals surface area contributed by atoms with Gasteiger partial charge in [0.05, 0.1) is 12.1 Å². The Morgan fingerprint density at radius 1 is 1.47 bits per heavy atom. The molecule has 0 fully saturated rings. The first-order valence-electron chi connectivity index (χ1n) is 5.84. The molecule has 4 nitrogen and oxygen atoms in total. The van der Waals surface area contributed by atoms with Crippen LogP contribution >= 0.6 is 0 Å². The minimum Gasteiger partial charge on any atom is -0.475 e. The van der Waals surface area contributed by atoms with E-state index in [1.807, 2.05) is 38.2 Å². The van der Waals surface area contributed by atoms with Crippen LogP contribution in [0.3, 0.4) is 0 Å². The molecule has 92 valence electrons. The van der Waals surface area contributed by atoms with Gasteiger partial charge >= 0.3 is 0 Å². The summed E-state index contributed by atoms with van der Waals surface area (Å²) in [5.41, 5.74) is 1.87. The average Bonchev–Trinajstić information content (AvgIpc) is 2.76. The number of hydrogen-bond acceptors (Lipinski definition) is 4. The molecule has 0 spiro atoms. The summed E-state index contributed by atoms with van der Waals surface area (Å²) < 4.78 is 5.47. The van der Waals surface area contributed by atoms with Gasteiger partial charge in [0.15, 0.2) is 0 Å². The molecule has 1 aliphatic rings. The Hall–Kier alpha value is -1.39. The number of benzene rings is 1. The molecule has 1 heterocycles. The fourth-order valence-electron chi connectivity index (χ4n) is 1.79. The van der Waals surface area contributed by atoms with Gasteiger partial charge in [0.25, 0.3) is 0 Å². The van der Waals surface area contributed by atoms with Crippen molar-refractivity contribution in [3.8, 4) is 0 Å². The number of aliphatic hydroxyl groups excluding tert-OH is 1. The lowest BCUT2D eigenvalue weighted by Crippen LogP contribution is -2.16. The number of ether oxygens (including phenoxy) is 1. The SMILES string of the molecule is CNCC(O)c1ccc(C2=NC(C)CO2)cc1. The van der Waals surface area contributed by atoms with Gasteiger partial charge in [0.2, 0.25) is 5.90 Å². The number of nitrogens with zero attached hydrogens (tertiary/aromatic N) is 1. The molecule has 17 heavy (non-hydrogen) atoms. The summed E-state index contributed by atoms with van der Waals surface area (Å²) in [6, 6.07) is 7.92. The molecular formula is C13H18N2O2. The van der Waals surface area contributed by atoms with E-state index in [2.05, 4.69) is 10.3 Å². The molecule has 2 N–H and O–H groups in total. The second-order valence-electron chi connectivity index (χ2n) is 4.29. The van der Waals surface area contributed by atoms with Gasteiger partial charge in [-0.25, -0.2) is 4.99 Å². The topological polar surface area (TPSA) is 53.8 Å². The monoisotopic (exact) mass is 234 g/mol. The van der Waals surface area contributed by atoms with Gasteiger partial charge in [0.1, 0.15) is 6.61 Å². The molecule has 1 aromatic rings. The van der Waals surface area contributed by atoms with E-state index >= 15 is 0 Å². The van der Waals surface area contributed by atoms with Crippen LogP contribution < -0.4 is 5.32 Å².